The van der Waals surface area contributed by atoms with Crippen molar-refractivity contribution in [2.75, 3.05) is 0 Å². The highest BCUT2D eigenvalue weighted by Gasteiger charge is 2.00. The van der Waals surface area contributed by atoms with Crippen LogP contribution in [0.3, 0.4) is 0 Å². The Hall–Kier alpha value is -1.37. The van der Waals surface area contributed by atoms with E-state index >= 15 is 0 Å². The van der Waals surface area contributed by atoms with Crippen LogP contribution in [0.1, 0.15) is 44.7 Å². The monoisotopic (exact) mass is 202 g/mol. The van der Waals surface area contributed by atoms with Crippen LogP contribution in [-0.2, 0) is 4.79 Å². The molecular weight excluding hydrogens is 184 g/mol. The first-order chi connectivity index (χ1) is 7.00. The Morgan fingerprint density at radius 2 is 1.67 bits per heavy atom. The summed E-state index contributed by atoms with van der Waals surface area (Å²) in [6, 6.07) is 8.39. The van der Waals surface area contributed by atoms with Crippen molar-refractivity contribution >= 4 is 11.4 Å². The lowest BCUT2D eigenvalue weighted by Gasteiger charge is -2.06. The summed E-state index contributed by atoms with van der Waals surface area (Å²) in [5.41, 5.74) is 3.47. The SMILES string of the molecule is CC(=O)/C=C(\C)c1ccc(C(C)C)cc1. The van der Waals surface area contributed by atoms with Gasteiger partial charge in [-0.1, -0.05) is 38.1 Å². The third-order valence-corrected chi connectivity index (χ3v) is 2.45. The Morgan fingerprint density at radius 1 is 1.13 bits per heavy atom. The molecule has 15 heavy (non-hydrogen) atoms. The maximum atomic E-state index is 10.9. The smallest absolute Gasteiger partial charge is 0.152 e. The number of carbonyl (C=O) groups is 1. The molecule has 1 nitrogen and oxygen atoms in total. The van der Waals surface area contributed by atoms with Gasteiger partial charge in [-0.15, -0.1) is 0 Å². The molecule has 0 aliphatic carbocycles. The molecule has 0 aliphatic rings. The standard InChI is InChI=1S/C14H18O/c1-10(2)13-5-7-14(8-6-13)11(3)9-12(4)15/h5-10H,1-4H3/b11-9+. The number of hydrogen-bond acceptors (Lipinski definition) is 1. The largest absolute Gasteiger partial charge is 0.295 e. The van der Waals surface area contributed by atoms with Gasteiger partial charge in [0.1, 0.15) is 0 Å². The first-order valence-electron chi connectivity index (χ1n) is 5.30. The molecule has 80 valence electrons. The topological polar surface area (TPSA) is 17.1 Å². The van der Waals surface area contributed by atoms with Gasteiger partial charge in [-0.25, -0.2) is 0 Å². The molecule has 0 saturated carbocycles. The van der Waals surface area contributed by atoms with Gasteiger partial charge in [0.15, 0.2) is 5.78 Å². The quantitative estimate of drug-likeness (QED) is 0.681. The molecule has 0 aliphatic heterocycles. The maximum Gasteiger partial charge on any atom is 0.152 e. The predicted molar refractivity (Wildman–Crippen MR) is 64.9 cm³/mol. The summed E-state index contributed by atoms with van der Waals surface area (Å²) in [5, 5.41) is 0. The van der Waals surface area contributed by atoms with Crippen LogP contribution in [0.4, 0.5) is 0 Å². The number of benzene rings is 1. The van der Waals surface area contributed by atoms with E-state index in [0.29, 0.717) is 5.92 Å². The van der Waals surface area contributed by atoms with Gasteiger partial charge in [-0.05, 0) is 42.5 Å². The maximum absolute atomic E-state index is 10.9. The van der Waals surface area contributed by atoms with Crippen molar-refractivity contribution in [2.45, 2.75) is 33.6 Å². The van der Waals surface area contributed by atoms with Crippen molar-refractivity contribution in [3.63, 3.8) is 0 Å². The number of hydrogen-bond donors (Lipinski definition) is 0. The fourth-order valence-corrected chi connectivity index (χ4v) is 1.52. The molecule has 0 amide bonds. The Morgan fingerprint density at radius 3 is 2.07 bits per heavy atom. The summed E-state index contributed by atoms with van der Waals surface area (Å²) in [6.45, 7) is 7.89. The first-order valence-corrected chi connectivity index (χ1v) is 5.30. The summed E-state index contributed by atoms with van der Waals surface area (Å²) < 4.78 is 0. The lowest BCUT2D eigenvalue weighted by Crippen LogP contribution is -1.89. The van der Waals surface area contributed by atoms with Gasteiger partial charge in [-0.2, -0.15) is 0 Å². The van der Waals surface area contributed by atoms with E-state index in [1.807, 2.05) is 6.92 Å². The Bertz CT molecular complexity index is 369. The lowest BCUT2D eigenvalue weighted by atomic mass is 9.99. The molecule has 0 fully saturated rings. The minimum absolute atomic E-state index is 0.0976. The normalized spacial score (nSPS) is 11.9. The van der Waals surface area contributed by atoms with Crippen LogP contribution < -0.4 is 0 Å². The summed E-state index contributed by atoms with van der Waals surface area (Å²) in [4.78, 5) is 10.9. The van der Waals surface area contributed by atoms with Crippen molar-refractivity contribution in [3.8, 4) is 0 Å². The molecule has 0 radical (unpaired) electrons. The van der Waals surface area contributed by atoms with Crippen molar-refractivity contribution in [1.82, 2.24) is 0 Å². The van der Waals surface area contributed by atoms with E-state index in [-0.39, 0.29) is 5.78 Å². The van der Waals surface area contributed by atoms with Crippen molar-refractivity contribution in [3.05, 3.63) is 41.5 Å². The van der Waals surface area contributed by atoms with E-state index < -0.39 is 0 Å². The van der Waals surface area contributed by atoms with Crippen LogP contribution >= 0.6 is 0 Å². The molecule has 1 aromatic rings. The lowest BCUT2D eigenvalue weighted by molar-refractivity contribution is -0.112. The van der Waals surface area contributed by atoms with Gasteiger partial charge in [0.05, 0.1) is 0 Å². The van der Waals surface area contributed by atoms with Crippen LogP contribution in [0.2, 0.25) is 0 Å². The van der Waals surface area contributed by atoms with Crippen molar-refractivity contribution in [1.29, 1.82) is 0 Å². The zero-order valence-electron chi connectivity index (χ0n) is 9.87. The Kier molecular flexibility index (Phi) is 3.84. The molecule has 1 rings (SSSR count). The number of allylic oxidation sites excluding steroid dienone is 2. The van der Waals surface area contributed by atoms with Gasteiger partial charge in [0.25, 0.3) is 0 Å². The van der Waals surface area contributed by atoms with E-state index in [0.717, 1.165) is 11.1 Å². The number of carbonyl (C=O) groups excluding carboxylic acids is 1. The summed E-state index contributed by atoms with van der Waals surface area (Å²) in [7, 11) is 0. The van der Waals surface area contributed by atoms with E-state index in [9.17, 15) is 4.79 Å². The summed E-state index contributed by atoms with van der Waals surface area (Å²) in [6.07, 6.45) is 1.67. The molecule has 0 bridgehead atoms. The van der Waals surface area contributed by atoms with E-state index in [1.165, 1.54) is 5.56 Å². The van der Waals surface area contributed by atoms with Crippen LogP contribution in [0, 0.1) is 0 Å². The predicted octanol–water partition coefficient (Wildman–Crippen LogP) is 3.80. The van der Waals surface area contributed by atoms with E-state index in [2.05, 4.69) is 38.1 Å². The second-order valence-electron chi connectivity index (χ2n) is 4.21. The zero-order chi connectivity index (χ0) is 11.4. The molecule has 1 heteroatoms. The molecule has 1 aromatic carbocycles. The molecule has 0 heterocycles. The minimum Gasteiger partial charge on any atom is -0.295 e. The van der Waals surface area contributed by atoms with Gasteiger partial charge in [0, 0.05) is 0 Å². The summed E-state index contributed by atoms with van der Waals surface area (Å²) >= 11 is 0. The van der Waals surface area contributed by atoms with Crippen LogP contribution in [-0.4, -0.2) is 5.78 Å². The van der Waals surface area contributed by atoms with Gasteiger partial charge < -0.3 is 0 Å². The zero-order valence-corrected chi connectivity index (χ0v) is 9.87. The third-order valence-electron chi connectivity index (χ3n) is 2.45. The Labute approximate surface area is 91.8 Å². The van der Waals surface area contributed by atoms with Gasteiger partial charge in [0.2, 0.25) is 0 Å². The average molecular weight is 202 g/mol. The van der Waals surface area contributed by atoms with Crippen molar-refractivity contribution in [2.24, 2.45) is 0 Å². The van der Waals surface area contributed by atoms with Crippen LogP contribution in [0.25, 0.3) is 5.57 Å². The average Bonchev–Trinajstić information content (AvgIpc) is 2.17. The molecular formula is C14H18O. The number of ketones is 1. The van der Waals surface area contributed by atoms with Gasteiger partial charge >= 0.3 is 0 Å². The molecule has 0 N–H and O–H groups in total. The van der Waals surface area contributed by atoms with Crippen molar-refractivity contribution < 1.29 is 4.79 Å². The molecule has 0 aromatic heterocycles. The van der Waals surface area contributed by atoms with E-state index in [4.69, 9.17) is 0 Å². The molecule has 0 atom stereocenters. The van der Waals surface area contributed by atoms with E-state index in [1.54, 1.807) is 13.0 Å². The first kappa shape index (κ1) is 11.7. The fourth-order valence-electron chi connectivity index (χ4n) is 1.52. The van der Waals surface area contributed by atoms with Crippen LogP contribution in [0.15, 0.2) is 30.3 Å². The second kappa shape index (κ2) is 4.92. The second-order valence-corrected chi connectivity index (χ2v) is 4.21. The molecule has 0 spiro atoms. The van der Waals surface area contributed by atoms with Crippen LogP contribution in [0.5, 0.6) is 0 Å². The van der Waals surface area contributed by atoms with Gasteiger partial charge in [-0.3, -0.25) is 4.79 Å². The number of rotatable bonds is 3. The highest BCUT2D eigenvalue weighted by molar-refractivity contribution is 5.94. The highest BCUT2D eigenvalue weighted by Crippen LogP contribution is 2.19. The highest BCUT2D eigenvalue weighted by atomic mass is 16.1. The molecule has 0 unspecified atom stereocenters. The fraction of sp³-hybridized carbons (Fsp3) is 0.357. The minimum atomic E-state index is 0.0976. The summed E-state index contributed by atoms with van der Waals surface area (Å²) in [5.74, 6) is 0.650. The molecule has 0 saturated heterocycles. The Balaban J connectivity index is 2.94. The third kappa shape index (κ3) is 3.35.